The zero-order valence-corrected chi connectivity index (χ0v) is 15.6. The zero-order chi connectivity index (χ0) is 16.8. The minimum atomic E-state index is -0.575. The molecule has 2 aliphatic carbocycles. The van der Waals surface area contributed by atoms with E-state index in [0.717, 1.165) is 43.4 Å². The fourth-order valence-electron chi connectivity index (χ4n) is 4.76. The van der Waals surface area contributed by atoms with Crippen LogP contribution in [0.15, 0.2) is 0 Å². The minimum absolute atomic E-state index is 0. The second-order valence-electron chi connectivity index (χ2n) is 8.47. The van der Waals surface area contributed by atoms with Crippen molar-refractivity contribution in [3.05, 3.63) is 0 Å². The molecule has 0 aromatic heterocycles. The molecule has 0 aliphatic heterocycles. The van der Waals surface area contributed by atoms with E-state index in [4.69, 9.17) is 5.11 Å². The summed E-state index contributed by atoms with van der Waals surface area (Å²) in [7, 11) is 0. The summed E-state index contributed by atoms with van der Waals surface area (Å²) in [6.07, 6.45) is 12.1. The van der Waals surface area contributed by atoms with E-state index in [1.807, 2.05) is 0 Å². The molecule has 2 rings (SSSR count). The molecule has 0 amide bonds. The van der Waals surface area contributed by atoms with Crippen molar-refractivity contribution in [2.75, 3.05) is 0 Å². The second-order valence-corrected chi connectivity index (χ2v) is 8.47. The third-order valence-corrected chi connectivity index (χ3v) is 6.34. The summed E-state index contributed by atoms with van der Waals surface area (Å²) in [5.41, 5.74) is 0.369. The van der Waals surface area contributed by atoms with Gasteiger partial charge in [0.05, 0.1) is 5.41 Å². The molecular weight excluding hydrogens is 284 g/mol. The Morgan fingerprint density at radius 2 is 1.39 bits per heavy atom. The summed E-state index contributed by atoms with van der Waals surface area (Å²) >= 11 is 0. The number of hydrogen-bond acceptors (Lipinski definition) is 1. The van der Waals surface area contributed by atoms with Gasteiger partial charge in [-0.25, -0.2) is 0 Å². The predicted octanol–water partition coefficient (Wildman–Crippen LogP) is 6.93. The molecule has 2 aliphatic rings. The fourth-order valence-corrected chi connectivity index (χ4v) is 4.76. The first-order chi connectivity index (χ1) is 10.3. The van der Waals surface area contributed by atoms with Crippen LogP contribution in [0, 0.1) is 22.7 Å². The van der Waals surface area contributed by atoms with Gasteiger partial charge in [0.2, 0.25) is 0 Å². The van der Waals surface area contributed by atoms with E-state index in [2.05, 4.69) is 34.6 Å². The standard InChI is InChI=1S/C10H18O2.C10H20.CH4/c1-8(2)7-10(9(11)12)5-3-4-6-10;1-4-10(9(2)3)7-5-6-8-10;/h8H,3-7H2,1-2H3,(H,11,12);9H,4-8H2,1-3H3;1H4. The topological polar surface area (TPSA) is 37.3 Å². The van der Waals surface area contributed by atoms with Crippen molar-refractivity contribution in [2.45, 2.75) is 106 Å². The van der Waals surface area contributed by atoms with Crippen LogP contribution in [0.2, 0.25) is 0 Å². The maximum absolute atomic E-state index is 11.1. The first-order valence-corrected chi connectivity index (χ1v) is 9.51. The van der Waals surface area contributed by atoms with Gasteiger partial charge in [0, 0.05) is 0 Å². The Labute approximate surface area is 145 Å². The summed E-state index contributed by atoms with van der Waals surface area (Å²) in [4.78, 5) is 11.1. The van der Waals surface area contributed by atoms with Crippen LogP contribution in [0.1, 0.15) is 106 Å². The van der Waals surface area contributed by atoms with Crippen LogP contribution in [0.5, 0.6) is 0 Å². The van der Waals surface area contributed by atoms with Gasteiger partial charge in [0.1, 0.15) is 0 Å². The lowest BCUT2D eigenvalue weighted by atomic mass is 9.74. The smallest absolute Gasteiger partial charge is 0.309 e. The SMILES string of the molecule is C.CC(C)CC1(C(=O)O)CCCC1.CCC1(C(C)C)CCCC1. The average molecular weight is 327 g/mol. The number of carboxylic acid groups (broad SMARTS) is 1. The number of rotatable bonds is 5. The number of hydrogen-bond donors (Lipinski definition) is 1. The molecule has 0 heterocycles. The number of aliphatic carboxylic acids is 1. The summed E-state index contributed by atoms with van der Waals surface area (Å²) in [5, 5.41) is 9.11. The maximum atomic E-state index is 11.1. The Bertz CT molecular complexity index is 332. The zero-order valence-electron chi connectivity index (χ0n) is 15.6. The van der Waals surface area contributed by atoms with Crippen LogP contribution < -0.4 is 0 Å². The lowest BCUT2D eigenvalue weighted by Crippen LogP contribution is -2.29. The Morgan fingerprint density at radius 1 is 0.957 bits per heavy atom. The van der Waals surface area contributed by atoms with Gasteiger partial charge < -0.3 is 5.11 Å². The highest BCUT2D eigenvalue weighted by Gasteiger charge is 2.41. The third kappa shape index (κ3) is 5.80. The normalized spacial score (nSPS) is 21.7. The number of carboxylic acids is 1. The maximum Gasteiger partial charge on any atom is 0.309 e. The predicted molar refractivity (Wildman–Crippen MR) is 101 cm³/mol. The monoisotopic (exact) mass is 326 g/mol. The van der Waals surface area contributed by atoms with E-state index < -0.39 is 5.97 Å². The molecule has 2 saturated carbocycles. The highest BCUT2D eigenvalue weighted by atomic mass is 16.4. The summed E-state index contributed by atoms with van der Waals surface area (Å²) in [6.45, 7) is 11.3. The van der Waals surface area contributed by atoms with Gasteiger partial charge >= 0.3 is 5.97 Å². The van der Waals surface area contributed by atoms with Crippen molar-refractivity contribution in [3.8, 4) is 0 Å². The molecule has 0 spiro atoms. The Kier molecular flexibility index (Phi) is 9.47. The van der Waals surface area contributed by atoms with Crippen molar-refractivity contribution >= 4 is 5.97 Å². The Balaban J connectivity index is 0.000000409. The summed E-state index contributed by atoms with van der Waals surface area (Å²) in [5.74, 6) is 0.827. The van der Waals surface area contributed by atoms with Crippen LogP contribution in [0.3, 0.4) is 0 Å². The molecule has 0 aromatic rings. The van der Waals surface area contributed by atoms with E-state index >= 15 is 0 Å². The third-order valence-electron chi connectivity index (χ3n) is 6.34. The molecule has 2 nitrogen and oxygen atoms in total. The first kappa shape index (κ1) is 22.5. The van der Waals surface area contributed by atoms with Crippen LogP contribution in [-0.4, -0.2) is 11.1 Å². The molecule has 138 valence electrons. The van der Waals surface area contributed by atoms with Crippen LogP contribution in [0.25, 0.3) is 0 Å². The van der Waals surface area contributed by atoms with E-state index in [1.165, 1.54) is 32.1 Å². The summed E-state index contributed by atoms with van der Waals surface area (Å²) in [6, 6.07) is 0. The van der Waals surface area contributed by atoms with E-state index in [1.54, 1.807) is 0 Å². The van der Waals surface area contributed by atoms with Crippen LogP contribution in [-0.2, 0) is 4.79 Å². The summed E-state index contributed by atoms with van der Waals surface area (Å²) < 4.78 is 0. The quantitative estimate of drug-likeness (QED) is 0.595. The molecule has 2 heteroatoms. The van der Waals surface area contributed by atoms with E-state index in [0.29, 0.717) is 5.92 Å². The Morgan fingerprint density at radius 3 is 1.65 bits per heavy atom. The molecule has 0 atom stereocenters. The molecule has 0 bridgehead atoms. The molecular formula is C21H42O2. The molecule has 2 fully saturated rings. The molecule has 23 heavy (non-hydrogen) atoms. The Hall–Kier alpha value is -0.530. The molecule has 0 saturated heterocycles. The largest absolute Gasteiger partial charge is 0.481 e. The van der Waals surface area contributed by atoms with Gasteiger partial charge in [-0.1, -0.05) is 74.1 Å². The lowest BCUT2D eigenvalue weighted by Gasteiger charge is -2.32. The van der Waals surface area contributed by atoms with Crippen molar-refractivity contribution in [2.24, 2.45) is 22.7 Å². The number of carbonyl (C=O) groups is 1. The van der Waals surface area contributed by atoms with Gasteiger partial charge in [0.25, 0.3) is 0 Å². The first-order valence-electron chi connectivity index (χ1n) is 9.51. The fraction of sp³-hybridized carbons (Fsp3) is 0.952. The van der Waals surface area contributed by atoms with Gasteiger partial charge in [-0.15, -0.1) is 0 Å². The molecule has 0 aromatic carbocycles. The lowest BCUT2D eigenvalue weighted by molar-refractivity contribution is -0.149. The van der Waals surface area contributed by atoms with Gasteiger partial charge in [-0.3, -0.25) is 4.79 Å². The van der Waals surface area contributed by atoms with Gasteiger partial charge in [-0.05, 0) is 49.4 Å². The van der Waals surface area contributed by atoms with Crippen molar-refractivity contribution in [1.29, 1.82) is 0 Å². The molecule has 0 radical (unpaired) electrons. The van der Waals surface area contributed by atoms with E-state index in [-0.39, 0.29) is 12.8 Å². The van der Waals surface area contributed by atoms with E-state index in [9.17, 15) is 4.79 Å². The molecule has 0 unspecified atom stereocenters. The highest BCUT2D eigenvalue weighted by molar-refractivity contribution is 5.74. The van der Waals surface area contributed by atoms with Crippen molar-refractivity contribution in [1.82, 2.24) is 0 Å². The average Bonchev–Trinajstić information content (AvgIpc) is 3.08. The highest BCUT2D eigenvalue weighted by Crippen LogP contribution is 2.46. The van der Waals surface area contributed by atoms with Crippen molar-refractivity contribution in [3.63, 3.8) is 0 Å². The minimum Gasteiger partial charge on any atom is -0.481 e. The van der Waals surface area contributed by atoms with Crippen LogP contribution in [0.4, 0.5) is 0 Å². The van der Waals surface area contributed by atoms with Gasteiger partial charge in [0.15, 0.2) is 0 Å². The van der Waals surface area contributed by atoms with Crippen LogP contribution >= 0.6 is 0 Å². The van der Waals surface area contributed by atoms with Crippen molar-refractivity contribution < 1.29 is 9.90 Å². The molecule has 1 N–H and O–H groups in total. The second kappa shape index (κ2) is 9.69. The van der Waals surface area contributed by atoms with Gasteiger partial charge in [-0.2, -0.15) is 0 Å².